The molecule has 1 aromatic carbocycles. The fourth-order valence-electron chi connectivity index (χ4n) is 1.71. The van der Waals surface area contributed by atoms with Gasteiger partial charge in [0.2, 0.25) is 0 Å². The van der Waals surface area contributed by atoms with Crippen molar-refractivity contribution in [1.29, 1.82) is 0 Å². The summed E-state index contributed by atoms with van der Waals surface area (Å²) in [5, 5.41) is 13.3. The largest absolute Gasteiger partial charge is 0.508 e. The van der Waals surface area contributed by atoms with Crippen molar-refractivity contribution in [2.24, 2.45) is 11.1 Å². The summed E-state index contributed by atoms with van der Waals surface area (Å²) < 4.78 is 5.32. The lowest BCUT2D eigenvalue weighted by molar-refractivity contribution is 0.307. The minimum Gasteiger partial charge on any atom is -0.508 e. The van der Waals surface area contributed by atoms with Crippen LogP contribution in [-0.4, -0.2) is 16.8 Å². The van der Waals surface area contributed by atoms with Crippen LogP contribution in [0.5, 0.6) is 5.75 Å². The number of phenols is 1. The summed E-state index contributed by atoms with van der Waals surface area (Å²) >= 11 is 0. The number of aromatic nitrogens is 1. The first-order chi connectivity index (χ1) is 8.50. The van der Waals surface area contributed by atoms with Crippen LogP contribution >= 0.6 is 0 Å². The number of phenolic OH excluding ortho intramolecular Hbond substituents is 1. The highest BCUT2D eigenvalue weighted by Gasteiger charge is 2.19. The molecule has 0 aliphatic carbocycles. The van der Waals surface area contributed by atoms with Gasteiger partial charge in [-0.05, 0) is 36.2 Å². The molecule has 0 amide bonds. The highest BCUT2D eigenvalue weighted by atomic mass is 16.5. The van der Waals surface area contributed by atoms with Gasteiger partial charge < -0.3 is 15.4 Å². The maximum Gasteiger partial charge on any atom is 0.137 e. The first kappa shape index (κ1) is 12.6. The number of hydrogen-bond donors (Lipinski definition) is 2. The van der Waals surface area contributed by atoms with Crippen LogP contribution in [0.15, 0.2) is 34.9 Å². The predicted molar refractivity (Wildman–Crippen MR) is 70.1 cm³/mol. The van der Waals surface area contributed by atoms with Crippen LogP contribution in [0.25, 0.3) is 11.3 Å². The van der Waals surface area contributed by atoms with E-state index >= 15 is 0 Å². The van der Waals surface area contributed by atoms with E-state index in [4.69, 9.17) is 10.3 Å². The molecule has 2 aromatic rings. The number of aromatic hydroxyl groups is 1. The van der Waals surface area contributed by atoms with E-state index in [9.17, 15) is 5.11 Å². The second kappa shape index (κ2) is 4.82. The summed E-state index contributed by atoms with van der Waals surface area (Å²) in [6.07, 6.45) is 0.759. The quantitative estimate of drug-likeness (QED) is 0.869. The summed E-state index contributed by atoms with van der Waals surface area (Å²) in [6.45, 7) is 4.79. The van der Waals surface area contributed by atoms with E-state index in [0.29, 0.717) is 6.54 Å². The summed E-state index contributed by atoms with van der Waals surface area (Å²) in [5.41, 5.74) is 7.40. The average Bonchev–Trinajstić information content (AvgIpc) is 2.78. The Kier molecular flexibility index (Phi) is 3.39. The Morgan fingerprint density at radius 3 is 2.56 bits per heavy atom. The third-order valence-corrected chi connectivity index (χ3v) is 2.93. The van der Waals surface area contributed by atoms with E-state index in [1.807, 2.05) is 18.2 Å². The van der Waals surface area contributed by atoms with Gasteiger partial charge in [0.05, 0.1) is 0 Å². The fraction of sp³-hybridized carbons (Fsp3) is 0.357. The van der Waals surface area contributed by atoms with Crippen molar-refractivity contribution in [1.82, 2.24) is 5.16 Å². The van der Waals surface area contributed by atoms with Crippen molar-refractivity contribution in [3.05, 3.63) is 36.1 Å². The maximum absolute atomic E-state index is 9.24. The first-order valence-corrected chi connectivity index (χ1v) is 5.95. The van der Waals surface area contributed by atoms with Gasteiger partial charge in [0.15, 0.2) is 0 Å². The molecule has 1 heterocycles. The summed E-state index contributed by atoms with van der Waals surface area (Å²) in [5.74, 6) is 1.07. The smallest absolute Gasteiger partial charge is 0.137 e. The van der Waals surface area contributed by atoms with Crippen LogP contribution in [0.1, 0.15) is 19.6 Å². The van der Waals surface area contributed by atoms with E-state index in [0.717, 1.165) is 23.4 Å². The number of nitrogens with zero attached hydrogens (tertiary/aromatic N) is 1. The van der Waals surface area contributed by atoms with Gasteiger partial charge in [-0.2, -0.15) is 0 Å². The van der Waals surface area contributed by atoms with Crippen molar-refractivity contribution in [3.63, 3.8) is 0 Å². The Bertz CT molecular complexity index is 515. The third kappa shape index (κ3) is 2.90. The summed E-state index contributed by atoms with van der Waals surface area (Å²) in [7, 11) is 0. The van der Waals surface area contributed by atoms with Crippen molar-refractivity contribution >= 4 is 0 Å². The lowest BCUT2D eigenvalue weighted by atomic mass is 9.88. The number of hydrogen-bond acceptors (Lipinski definition) is 4. The normalized spacial score (nSPS) is 11.7. The molecule has 0 bridgehead atoms. The van der Waals surface area contributed by atoms with E-state index < -0.39 is 0 Å². The molecule has 0 spiro atoms. The summed E-state index contributed by atoms with van der Waals surface area (Å²) in [6, 6.07) is 8.81. The molecule has 2 rings (SSSR count). The minimum absolute atomic E-state index is 0.00571. The van der Waals surface area contributed by atoms with Gasteiger partial charge in [-0.3, -0.25) is 0 Å². The highest BCUT2D eigenvalue weighted by Crippen LogP contribution is 2.25. The molecule has 96 valence electrons. The standard InChI is InChI=1S/C14H18N2O2/c1-14(2,9-15)8-12-7-13(16-18-12)10-3-5-11(17)6-4-10/h3-7,17H,8-9,15H2,1-2H3. The molecule has 0 saturated carbocycles. The molecule has 0 saturated heterocycles. The van der Waals surface area contributed by atoms with E-state index in [2.05, 4.69) is 19.0 Å². The second-order valence-electron chi connectivity index (χ2n) is 5.27. The molecule has 0 radical (unpaired) electrons. The van der Waals surface area contributed by atoms with Gasteiger partial charge in [-0.25, -0.2) is 0 Å². The fourth-order valence-corrected chi connectivity index (χ4v) is 1.71. The minimum atomic E-state index is 0.00571. The van der Waals surface area contributed by atoms with Crippen LogP contribution in [0.3, 0.4) is 0 Å². The van der Waals surface area contributed by atoms with Crippen LogP contribution in [0, 0.1) is 5.41 Å². The molecule has 0 atom stereocenters. The van der Waals surface area contributed by atoms with Crippen molar-refractivity contribution in [3.8, 4) is 17.0 Å². The lowest BCUT2D eigenvalue weighted by Gasteiger charge is -2.19. The van der Waals surface area contributed by atoms with Crippen LogP contribution in [0.4, 0.5) is 0 Å². The second-order valence-corrected chi connectivity index (χ2v) is 5.27. The van der Waals surface area contributed by atoms with Crippen molar-refractivity contribution in [2.45, 2.75) is 20.3 Å². The Morgan fingerprint density at radius 1 is 1.28 bits per heavy atom. The van der Waals surface area contributed by atoms with Crippen LogP contribution in [-0.2, 0) is 6.42 Å². The number of benzene rings is 1. The predicted octanol–water partition coefficient (Wildman–Crippen LogP) is 2.57. The molecule has 1 aromatic heterocycles. The van der Waals surface area contributed by atoms with Crippen LogP contribution in [0.2, 0.25) is 0 Å². The molecule has 4 heteroatoms. The highest BCUT2D eigenvalue weighted by molar-refractivity contribution is 5.59. The SMILES string of the molecule is CC(C)(CN)Cc1cc(-c2ccc(O)cc2)no1. The molecule has 0 aliphatic heterocycles. The topological polar surface area (TPSA) is 72.3 Å². The molecular formula is C14H18N2O2. The Hall–Kier alpha value is -1.81. The van der Waals surface area contributed by atoms with Gasteiger partial charge in [0.1, 0.15) is 17.2 Å². The number of rotatable bonds is 4. The molecule has 0 aliphatic rings. The van der Waals surface area contributed by atoms with Gasteiger partial charge in [0.25, 0.3) is 0 Å². The maximum atomic E-state index is 9.24. The van der Waals surface area contributed by atoms with E-state index in [-0.39, 0.29) is 11.2 Å². The summed E-state index contributed by atoms with van der Waals surface area (Å²) in [4.78, 5) is 0. The van der Waals surface area contributed by atoms with Crippen molar-refractivity contribution < 1.29 is 9.63 Å². The monoisotopic (exact) mass is 246 g/mol. The zero-order chi connectivity index (χ0) is 13.2. The zero-order valence-corrected chi connectivity index (χ0v) is 10.7. The zero-order valence-electron chi connectivity index (χ0n) is 10.7. The van der Waals surface area contributed by atoms with Crippen LogP contribution < -0.4 is 5.73 Å². The van der Waals surface area contributed by atoms with Gasteiger partial charge in [-0.15, -0.1) is 0 Å². The van der Waals surface area contributed by atoms with E-state index in [1.54, 1.807) is 12.1 Å². The van der Waals surface area contributed by atoms with Crippen molar-refractivity contribution in [2.75, 3.05) is 6.54 Å². The van der Waals surface area contributed by atoms with Gasteiger partial charge >= 0.3 is 0 Å². The Morgan fingerprint density at radius 2 is 1.94 bits per heavy atom. The number of nitrogens with two attached hydrogens (primary N) is 1. The molecule has 3 N–H and O–H groups in total. The first-order valence-electron chi connectivity index (χ1n) is 5.95. The molecular weight excluding hydrogens is 228 g/mol. The molecule has 4 nitrogen and oxygen atoms in total. The Labute approximate surface area is 106 Å². The van der Waals surface area contributed by atoms with Gasteiger partial charge in [0, 0.05) is 18.1 Å². The molecule has 0 fully saturated rings. The third-order valence-electron chi connectivity index (χ3n) is 2.93. The average molecular weight is 246 g/mol. The van der Waals surface area contributed by atoms with Gasteiger partial charge in [-0.1, -0.05) is 19.0 Å². The molecule has 18 heavy (non-hydrogen) atoms. The lowest BCUT2D eigenvalue weighted by Crippen LogP contribution is -2.25. The van der Waals surface area contributed by atoms with E-state index in [1.165, 1.54) is 0 Å². The molecule has 0 unspecified atom stereocenters. The Balaban J connectivity index is 2.18.